The molecule has 0 aliphatic carbocycles. The van der Waals surface area contributed by atoms with Crippen LogP contribution in [0.1, 0.15) is 5.69 Å². The van der Waals surface area contributed by atoms with Gasteiger partial charge in [0.2, 0.25) is 5.91 Å². The maximum atomic E-state index is 13.6. The summed E-state index contributed by atoms with van der Waals surface area (Å²) in [7, 11) is 0. The quantitative estimate of drug-likeness (QED) is 0.871. The Morgan fingerprint density at radius 3 is 2.79 bits per heavy atom. The van der Waals surface area contributed by atoms with Crippen LogP contribution in [0.3, 0.4) is 0 Å². The van der Waals surface area contributed by atoms with E-state index in [-0.39, 0.29) is 18.1 Å². The van der Waals surface area contributed by atoms with Crippen LogP contribution >= 0.6 is 31.9 Å². The molecule has 4 nitrogen and oxygen atoms in total. The Hall–Kier alpha value is -1.21. The van der Waals surface area contributed by atoms with Crippen LogP contribution < -0.4 is 5.32 Å². The molecule has 0 aliphatic rings. The van der Waals surface area contributed by atoms with Crippen LogP contribution in [0.4, 0.5) is 10.1 Å². The monoisotopic (exact) mass is 389 g/mol. The molecular formula is C12H10Br2FN3O. The average molecular weight is 391 g/mol. The van der Waals surface area contributed by atoms with Crippen molar-refractivity contribution in [2.24, 2.45) is 0 Å². The Morgan fingerprint density at radius 2 is 2.21 bits per heavy atom. The molecule has 7 heteroatoms. The van der Waals surface area contributed by atoms with Gasteiger partial charge in [0.25, 0.3) is 0 Å². The third kappa shape index (κ3) is 3.42. The van der Waals surface area contributed by atoms with Crippen LogP contribution in [0.15, 0.2) is 33.3 Å². The summed E-state index contributed by atoms with van der Waals surface area (Å²) in [6, 6.07) is 4.46. The van der Waals surface area contributed by atoms with Gasteiger partial charge in [-0.25, -0.2) is 4.39 Å². The highest BCUT2D eigenvalue weighted by atomic mass is 79.9. The molecule has 0 fully saturated rings. The first-order valence-corrected chi connectivity index (χ1v) is 6.99. The number of hydrogen-bond acceptors (Lipinski definition) is 2. The zero-order valence-corrected chi connectivity index (χ0v) is 13.1. The van der Waals surface area contributed by atoms with Gasteiger partial charge >= 0.3 is 0 Å². The molecule has 19 heavy (non-hydrogen) atoms. The normalized spacial score (nSPS) is 10.5. The number of aromatic nitrogens is 2. The number of halogens is 3. The molecule has 0 bridgehead atoms. The van der Waals surface area contributed by atoms with Gasteiger partial charge < -0.3 is 5.32 Å². The first kappa shape index (κ1) is 14.2. The Morgan fingerprint density at radius 1 is 1.47 bits per heavy atom. The van der Waals surface area contributed by atoms with Crippen molar-refractivity contribution in [2.45, 2.75) is 13.5 Å². The van der Waals surface area contributed by atoms with Crippen molar-refractivity contribution >= 4 is 43.5 Å². The van der Waals surface area contributed by atoms with Crippen molar-refractivity contribution in [3.63, 3.8) is 0 Å². The molecule has 0 atom stereocenters. The molecule has 1 amide bonds. The molecule has 1 heterocycles. The summed E-state index contributed by atoms with van der Waals surface area (Å²) in [6.45, 7) is 1.87. The van der Waals surface area contributed by atoms with Gasteiger partial charge in [-0.3, -0.25) is 9.48 Å². The second-order valence-electron chi connectivity index (χ2n) is 3.91. The molecule has 1 aromatic carbocycles. The number of nitrogens with one attached hydrogen (secondary N) is 1. The van der Waals surface area contributed by atoms with Crippen molar-refractivity contribution in [1.82, 2.24) is 9.78 Å². The lowest BCUT2D eigenvalue weighted by Crippen LogP contribution is -2.20. The van der Waals surface area contributed by atoms with Crippen molar-refractivity contribution in [2.75, 3.05) is 5.32 Å². The van der Waals surface area contributed by atoms with E-state index >= 15 is 0 Å². The van der Waals surface area contributed by atoms with Gasteiger partial charge in [-0.2, -0.15) is 5.10 Å². The standard InChI is InChI=1S/C12H10Br2FN3O/c1-7-9(14)5-16-18(7)6-12(19)17-11-3-2-8(13)4-10(11)15/h2-5H,6H2,1H3,(H,17,19). The number of carbonyl (C=O) groups excluding carboxylic acids is 1. The van der Waals surface area contributed by atoms with E-state index < -0.39 is 5.82 Å². The third-order valence-electron chi connectivity index (χ3n) is 2.54. The number of amides is 1. The minimum atomic E-state index is -0.485. The van der Waals surface area contributed by atoms with Crippen LogP contribution in [0.2, 0.25) is 0 Å². The molecule has 1 N–H and O–H groups in total. The van der Waals surface area contributed by atoms with Crippen LogP contribution in [0, 0.1) is 12.7 Å². The van der Waals surface area contributed by atoms with E-state index in [0.717, 1.165) is 10.2 Å². The summed E-state index contributed by atoms with van der Waals surface area (Å²) in [5, 5.41) is 6.55. The Kier molecular flexibility index (Phi) is 4.36. The molecule has 100 valence electrons. The molecule has 2 aromatic rings. The van der Waals surface area contributed by atoms with Crippen molar-refractivity contribution < 1.29 is 9.18 Å². The second kappa shape index (κ2) is 5.83. The maximum absolute atomic E-state index is 13.6. The van der Waals surface area contributed by atoms with Crippen LogP contribution in [0.5, 0.6) is 0 Å². The number of hydrogen-bond donors (Lipinski definition) is 1. The fourth-order valence-corrected chi connectivity index (χ4v) is 2.13. The highest BCUT2D eigenvalue weighted by Crippen LogP contribution is 2.19. The molecular weight excluding hydrogens is 381 g/mol. The third-order valence-corrected chi connectivity index (χ3v) is 3.81. The van der Waals surface area contributed by atoms with Gasteiger partial charge in [0, 0.05) is 4.47 Å². The maximum Gasteiger partial charge on any atom is 0.246 e. The summed E-state index contributed by atoms with van der Waals surface area (Å²) in [5.74, 6) is -0.819. The molecule has 0 saturated heterocycles. The summed E-state index contributed by atoms with van der Waals surface area (Å²) >= 11 is 6.47. The zero-order valence-electron chi connectivity index (χ0n) is 9.95. The van der Waals surface area contributed by atoms with Crippen molar-refractivity contribution in [1.29, 1.82) is 0 Å². The number of nitrogens with zero attached hydrogens (tertiary/aromatic N) is 2. The van der Waals surface area contributed by atoms with Gasteiger partial charge in [0.15, 0.2) is 0 Å². The number of carbonyl (C=O) groups is 1. The average Bonchev–Trinajstić information content (AvgIpc) is 2.65. The SMILES string of the molecule is Cc1c(Br)cnn1CC(=O)Nc1ccc(Br)cc1F. The lowest BCUT2D eigenvalue weighted by atomic mass is 10.3. The van der Waals surface area contributed by atoms with Gasteiger partial charge in [0.1, 0.15) is 12.4 Å². The van der Waals surface area contributed by atoms with Gasteiger partial charge in [-0.1, -0.05) is 15.9 Å². The lowest BCUT2D eigenvalue weighted by Gasteiger charge is -2.08. The predicted octanol–water partition coefficient (Wildman–Crippen LogP) is 3.49. The van der Waals surface area contributed by atoms with Gasteiger partial charge in [0.05, 0.1) is 22.1 Å². The summed E-state index contributed by atoms with van der Waals surface area (Å²) < 4.78 is 16.5. The minimum absolute atomic E-state index is 0.0347. The van der Waals surface area contributed by atoms with E-state index in [1.807, 2.05) is 6.92 Å². The Labute approximate surface area is 126 Å². The van der Waals surface area contributed by atoms with E-state index in [2.05, 4.69) is 42.3 Å². The summed E-state index contributed by atoms with van der Waals surface area (Å²) in [6.07, 6.45) is 1.61. The van der Waals surface area contributed by atoms with E-state index in [4.69, 9.17) is 0 Å². The molecule has 1 aromatic heterocycles. The van der Waals surface area contributed by atoms with E-state index in [1.165, 1.54) is 16.8 Å². The zero-order chi connectivity index (χ0) is 14.0. The molecule has 0 aliphatic heterocycles. The summed E-state index contributed by atoms with van der Waals surface area (Å²) in [5.41, 5.74) is 0.989. The van der Waals surface area contributed by atoms with Gasteiger partial charge in [-0.15, -0.1) is 0 Å². The van der Waals surface area contributed by atoms with E-state index in [9.17, 15) is 9.18 Å². The minimum Gasteiger partial charge on any atom is -0.322 e. The molecule has 2 rings (SSSR count). The van der Waals surface area contributed by atoms with Crippen LogP contribution in [-0.2, 0) is 11.3 Å². The fourth-order valence-electron chi connectivity index (χ4n) is 1.50. The topological polar surface area (TPSA) is 46.9 Å². The Bertz CT molecular complexity index is 627. The van der Waals surface area contributed by atoms with Crippen molar-refractivity contribution in [3.8, 4) is 0 Å². The van der Waals surface area contributed by atoms with Crippen LogP contribution in [0.25, 0.3) is 0 Å². The van der Waals surface area contributed by atoms with E-state index in [0.29, 0.717) is 4.47 Å². The predicted molar refractivity (Wildman–Crippen MR) is 77.4 cm³/mol. The van der Waals surface area contributed by atoms with Crippen molar-refractivity contribution in [3.05, 3.63) is 44.9 Å². The molecule has 0 unspecified atom stereocenters. The highest BCUT2D eigenvalue weighted by molar-refractivity contribution is 9.10. The molecule has 0 radical (unpaired) electrons. The first-order valence-electron chi connectivity index (χ1n) is 5.40. The summed E-state index contributed by atoms with van der Waals surface area (Å²) in [4.78, 5) is 11.8. The second-order valence-corrected chi connectivity index (χ2v) is 5.68. The fraction of sp³-hybridized carbons (Fsp3) is 0.167. The largest absolute Gasteiger partial charge is 0.322 e. The highest BCUT2D eigenvalue weighted by Gasteiger charge is 2.11. The van der Waals surface area contributed by atoms with Gasteiger partial charge in [-0.05, 0) is 41.1 Å². The number of benzene rings is 1. The number of anilines is 1. The Balaban J connectivity index is 2.07. The first-order chi connectivity index (χ1) is 8.97. The molecule has 0 saturated carbocycles. The van der Waals surface area contributed by atoms with E-state index in [1.54, 1.807) is 12.3 Å². The van der Waals surface area contributed by atoms with Crippen LogP contribution in [-0.4, -0.2) is 15.7 Å². The number of rotatable bonds is 3. The molecule has 0 spiro atoms. The lowest BCUT2D eigenvalue weighted by molar-refractivity contribution is -0.117. The smallest absolute Gasteiger partial charge is 0.246 e.